The predicted octanol–water partition coefficient (Wildman–Crippen LogP) is 3.90. The minimum absolute atomic E-state index is 0.0622. The van der Waals surface area contributed by atoms with E-state index in [0.717, 1.165) is 23.1 Å². The molecule has 0 spiro atoms. The van der Waals surface area contributed by atoms with E-state index in [0.29, 0.717) is 25.3 Å². The van der Waals surface area contributed by atoms with Gasteiger partial charge in [-0.3, -0.25) is 9.78 Å². The van der Waals surface area contributed by atoms with E-state index in [1.165, 1.54) is 10.9 Å². The van der Waals surface area contributed by atoms with Gasteiger partial charge in [-0.2, -0.15) is 0 Å². The normalized spacial score (nSPS) is 19.3. The van der Waals surface area contributed by atoms with E-state index >= 15 is 0 Å². The van der Waals surface area contributed by atoms with E-state index in [1.807, 2.05) is 42.0 Å². The zero-order chi connectivity index (χ0) is 22.2. The van der Waals surface area contributed by atoms with Crippen molar-refractivity contribution in [1.82, 2.24) is 19.8 Å². The fourth-order valence-electron chi connectivity index (χ4n) is 5.02. The van der Waals surface area contributed by atoms with Crippen molar-refractivity contribution in [3.05, 3.63) is 66.1 Å². The molecule has 1 aliphatic carbocycles. The second-order valence-electron chi connectivity index (χ2n) is 8.33. The number of carbonyl (C=O) groups is 2. The number of hydrogen-bond acceptors (Lipinski definition) is 3. The van der Waals surface area contributed by atoms with E-state index in [4.69, 9.17) is 0 Å². The van der Waals surface area contributed by atoms with Crippen molar-refractivity contribution in [2.75, 3.05) is 25.0 Å². The van der Waals surface area contributed by atoms with Gasteiger partial charge in [-0.15, -0.1) is 0 Å². The molecule has 1 aliphatic heterocycles. The van der Waals surface area contributed by atoms with Gasteiger partial charge in [0.15, 0.2) is 0 Å². The summed E-state index contributed by atoms with van der Waals surface area (Å²) < 4.78 is 0. The topological polar surface area (TPSA) is 81.3 Å². The maximum absolute atomic E-state index is 13.4. The number of nitrogens with one attached hydrogen (secondary N) is 2. The highest BCUT2D eigenvalue weighted by Crippen LogP contribution is 2.41. The van der Waals surface area contributed by atoms with Crippen LogP contribution in [-0.4, -0.2) is 57.4 Å². The standard InChI is InChI=1S/C25H27N5O2/c1-3-29(4-2)24(31)17-11-20-19-8-5-9-21-23(19)16(13-27-21)12-22(20)30(15-17)25(32)28-18-7-6-10-26-14-18/h5-11,13-14,17,22,27H,3-4,12,15H2,1-2H3,(H,28,32)/t17-,22-/m1/s1. The maximum Gasteiger partial charge on any atom is 0.322 e. The van der Waals surface area contributed by atoms with Crippen LogP contribution in [0, 0.1) is 5.92 Å². The maximum atomic E-state index is 13.4. The molecule has 32 heavy (non-hydrogen) atoms. The number of hydrogen-bond donors (Lipinski definition) is 2. The Morgan fingerprint density at radius 1 is 1.22 bits per heavy atom. The van der Waals surface area contributed by atoms with Crippen LogP contribution in [0.3, 0.4) is 0 Å². The van der Waals surface area contributed by atoms with Crippen molar-refractivity contribution in [3.8, 4) is 0 Å². The van der Waals surface area contributed by atoms with Gasteiger partial charge in [0.2, 0.25) is 5.91 Å². The largest absolute Gasteiger partial charge is 0.361 e. The molecule has 1 aromatic carbocycles. The summed E-state index contributed by atoms with van der Waals surface area (Å²) in [6.07, 6.45) is 8.16. The average Bonchev–Trinajstić information content (AvgIpc) is 3.24. The van der Waals surface area contributed by atoms with Gasteiger partial charge in [0.05, 0.1) is 23.8 Å². The zero-order valence-corrected chi connectivity index (χ0v) is 18.3. The summed E-state index contributed by atoms with van der Waals surface area (Å²) in [5, 5.41) is 4.16. The fraction of sp³-hybridized carbons (Fsp3) is 0.320. The zero-order valence-electron chi connectivity index (χ0n) is 18.3. The first-order valence-corrected chi connectivity index (χ1v) is 11.2. The van der Waals surface area contributed by atoms with Crippen LogP contribution in [0.25, 0.3) is 16.5 Å². The fourth-order valence-corrected chi connectivity index (χ4v) is 5.02. The van der Waals surface area contributed by atoms with Crippen molar-refractivity contribution in [3.63, 3.8) is 0 Å². The van der Waals surface area contributed by atoms with Gasteiger partial charge in [-0.1, -0.05) is 18.2 Å². The number of pyridine rings is 1. The van der Waals surface area contributed by atoms with Gasteiger partial charge >= 0.3 is 6.03 Å². The van der Waals surface area contributed by atoms with Crippen LogP contribution < -0.4 is 5.32 Å². The molecule has 3 aromatic rings. The number of nitrogens with zero attached hydrogens (tertiary/aromatic N) is 3. The molecule has 7 nitrogen and oxygen atoms in total. The average molecular weight is 430 g/mol. The first-order chi connectivity index (χ1) is 15.6. The third kappa shape index (κ3) is 3.34. The number of fused-ring (bicyclic) bond motifs is 2. The lowest BCUT2D eigenvalue weighted by Gasteiger charge is -2.42. The van der Waals surface area contributed by atoms with Gasteiger partial charge in [0.1, 0.15) is 0 Å². The third-order valence-electron chi connectivity index (χ3n) is 6.59. The molecule has 2 atom stereocenters. The monoisotopic (exact) mass is 429 g/mol. The van der Waals surface area contributed by atoms with Crippen LogP contribution in [0.5, 0.6) is 0 Å². The van der Waals surface area contributed by atoms with Gasteiger partial charge < -0.3 is 20.1 Å². The Morgan fingerprint density at radius 3 is 2.81 bits per heavy atom. The van der Waals surface area contributed by atoms with Crippen molar-refractivity contribution in [1.29, 1.82) is 0 Å². The number of rotatable bonds is 4. The Bertz CT molecular complexity index is 1200. The summed E-state index contributed by atoms with van der Waals surface area (Å²) in [7, 11) is 0. The van der Waals surface area contributed by atoms with Crippen LogP contribution in [0.1, 0.15) is 25.0 Å². The SMILES string of the molecule is CCN(CC)C(=O)[C@@H]1C=C2c3cccc4[nH]cc(c34)C[C@H]2N(C(=O)Nc2cccnc2)C1. The Labute approximate surface area is 187 Å². The molecule has 164 valence electrons. The van der Waals surface area contributed by atoms with Crippen LogP contribution in [0.15, 0.2) is 55.0 Å². The lowest BCUT2D eigenvalue weighted by atomic mass is 9.79. The van der Waals surface area contributed by atoms with Crippen LogP contribution >= 0.6 is 0 Å². The van der Waals surface area contributed by atoms with Gasteiger partial charge in [-0.25, -0.2) is 4.79 Å². The number of carbonyl (C=O) groups excluding carboxylic acids is 2. The van der Waals surface area contributed by atoms with E-state index in [-0.39, 0.29) is 23.9 Å². The minimum atomic E-state index is -0.378. The molecule has 0 saturated carbocycles. The summed E-state index contributed by atoms with van der Waals surface area (Å²) in [4.78, 5) is 37.8. The lowest BCUT2D eigenvalue weighted by molar-refractivity contribution is -0.134. The van der Waals surface area contributed by atoms with Crippen LogP contribution in [0.4, 0.5) is 10.5 Å². The highest BCUT2D eigenvalue weighted by atomic mass is 16.2. The number of urea groups is 1. The molecule has 0 saturated heterocycles. The van der Waals surface area contributed by atoms with E-state index in [1.54, 1.807) is 18.5 Å². The van der Waals surface area contributed by atoms with Crippen LogP contribution in [-0.2, 0) is 11.2 Å². The summed E-state index contributed by atoms with van der Waals surface area (Å²) >= 11 is 0. The molecular formula is C25H27N5O2. The van der Waals surface area contributed by atoms with Crippen molar-refractivity contribution >= 4 is 34.1 Å². The highest BCUT2D eigenvalue weighted by molar-refractivity contribution is 6.01. The minimum Gasteiger partial charge on any atom is -0.361 e. The van der Waals surface area contributed by atoms with Gasteiger partial charge in [-0.05, 0) is 55.2 Å². The highest BCUT2D eigenvalue weighted by Gasteiger charge is 2.40. The van der Waals surface area contributed by atoms with Gasteiger partial charge in [0, 0.05) is 42.9 Å². The summed E-state index contributed by atoms with van der Waals surface area (Å²) in [5.74, 6) is -0.316. The number of aromatic amines is 1. The third-order valence-corrected chi connectivity index (χ3v) is 6.59. The molecule has 0 fully saturated rings. The first-order valence-electron chi connectivity index (χ1n) is 11.2. The number of amides is 3. The lowest BCUT2D eigenvalue weighted by Crippen LogP contribution is -2.52. The molecule has 5 rings (SSSR count). The van der Waals surface area contributed by atoms with E-state index in [9.17, 15) is 9.59 Å². The number of benzene rings is 1. The molecule has 0 unspecified atom stereocenters. The molecule has 0 radical (unpaired) electrons. The molecule has 2 aliphatic rings. The molecule has 0 bridgehead atoms. The van der Waals surface area contributed by atoms with E-state index < -0.39 is 0 Å². The Morgan fingerprint density at radius 2 is 2.06 bits per heavy atom. The predicted molar refractivity (Wildman–Crippen MR) is 125 cm³/mol. The molecule has 2 aromatic heterocycles. The molecule has 3 heterocycles. The number of anilines is 1. The summed E-state index contributed by atoms with van der Waals surface area (Å²) in [6.45, 7) is 5.63. The molecule has 2 N–H and O–H groups in total. The Balaban J connectivity index is 1.56. The smallest absolute Gasteiger partial charge is 0.322 e. The van der Waals surface area contributed by atoms with E-state index in [2.05, 4.69) is 33.5 Å². The number of H-pyrrole nitrogens is 1. The van der Waals surface area contributed by atoms with Crippen LogP contribution in [0.2, 0.25) is 0 Å². The van der Waals surface area contributed by atoms with Gasteiger partial charge in [0.25, 0.3) is 0 Å². The molecule has 3 amide bonds. The molecule has 7 heteroatoms. The Kier molecular flexibility index (Phi) is 5.17. The second kappa shape index (κ2) is 8.15. The summed E-state index contributed by atoms with van der Waals surface area (Å²) in [5.41, 5.74) is 5.08. The quantitative estimate of drug-likeness (QED) is 0.660. The van der Waals surface area contributed by atoms with Crippen molar-refractivity contribution in [2.24, 2.45) is 5.92 Å². The second-order valence-corrected chi connectivity index (χ2v) is 8.33. The first kappa shape index (κ1) is 20.3. The summed E-state index contributed by atoms with van der Waals surface area (Å²) in [6, 6.07) is 9.46. The molecular weight excluding hydrogens is 402 g/mol. The van der Waals surface area contributed by atoms with Crippen molar-refractivity contribution < 1.29 is 9.59 Å². The van der Waals surface area contributed by atoms with Crippen molar-refractivity contribution in [2.45, 2.75) is 26.3 Å². The Hall–Kier alpha value is -3.61. The number of aromatic nitrogens is 2.